The van der Waals surface area contributed by atoms with Gasteiger partial charge in [0, 0.05) is 29.2 Å². The Bertz CT molecular complexity index is 528. The Hall–Kier alpha value is -1.97. The minimum absolute atomic E-state index is 0.144. The van der Waals surface area contributed by atoms with Gasteiger partial charge in [0.1, 0.15) is 0 Å². The molecular formula is C12H15N3O. The topological polar surface area (TPSA) is 63.5 Å². The molecule has 2 aromatic rings. The second-order valence-electron chi connectivity index (χ2n) is 3.77. The fraction of sp³-hybridized carbons (Fsp3) is 0.250. The van der Waals surface area contributed by atoms with Gasteiger partial charge in [-0.2, -0.15) is 0 Å². The van der Waals surface area contributed by atoms with Gasteiger partial charge in [0.2, 0.25) is 0 Å². The Morgan fingerprint density at radius 1 is 1.44 bits per heavy atom. The van der Waals surface area contributed by atoms with Gasteiger partial charge in [0.15, 0.2) is 5.84 Å². The molecule has 1 heterocycles. The maximum absolute atomic E-state index is 8.61. The zero-order chi connectivity index (χ0) is 11.5. The van der Waals surface area contributed by atoms with E-state index < -0.39 is 0 Å². The van der Waals surface area contributed by atoms with Crippen molar-refractivity contribution in [1.29, 1.82) is 0 Å². The SMILES string of the molecule is CCCn1ccc2cc(/C(N)=N/O)ccc21. The lowest BCUT2D eigenvalue weighted by molar-refractivity contribution is 0.318. The molecule has 0 atom stereocenters. The predicted octanol–water partition coefficient (Wildman–Crippen LogP) is 2.15. The van der Waals surface area contributed by atoms with E-state index in [-0.39, 0.29) is 5.84 Å². The quantitative estimate of drug-likeness (QED) is 0.358. The van der Waals surface area contributed by atoms with E-state index in [9.17, 15) is 0 Å². The second kappa shape index (κ2) is 4.26. The lowest BCUT2D eigenvalue weighted by Crippen LogP contribution is -2.12. The van der Waals surface area contributed by atoms with E-state index in [1.807, 2.05) is 24.3 Å². The number of oxime groups is 1. The zero-order valence-electron chi connectivity index (χ0n) is 9.22. The van der Waals surface area contributed by atoms with Crippen LogP contribution in [0.25, 0.3) is 10.9 Å². The Morgan fingerprint density at radius 3 is 2.94 bits per heavy atom. The molecule has 0 amide bonds. The summed E-state index contributed by atoms with van der Waals surface area (Å²) in [4.78, 5) is 0. The number of nitrogens with two attached hydrogens (primary N) is 1. The minimum Gasteiger partial charge on any atom is -0.409 e. The molecular weight excluding hydrogens is 202 g/mol. The van der Waals surface area contributed by atoms with Gasteiger partial charge in [-0.15, -0.1) is 0 Å². The van der Waals surface area contributed by atoms with E-state index in [0.29, 0.717) is 0 Å². The molecule has 0 unspecified atom stereocenters. The monoisotopic (exact) mass is 217 g/mol. The highest BCUT2D eigenvalue weighted by atomic mass is 16.4. The number of hydrogen-bond acceptors (Lipinski definition) is 2. The van der Waals surface area contributed by atoms with Crippen molar-refractivity contribution in [2.75, 3.05) is 0 Å². The van der Waals surface area contributed by atoms with Gasteiger partial charge in [-0.1, -0.05) is 12.1 Å². The summed E-state index contributed by atoms with van der Waals surface area (Å²) in [6.45, 7) is 3.16. The largest absolute Gasteiger partial charge is 0.409 e. The van der Waals surface area contributed by atoms with Gasteiger partial charge < -0.3 is 15.5 Å². The van der Waals surface area contributed by atoms with Crippen LogP contribution in [0.1, 0.15) is 18.9 Å². The fourth-order valence-electron chi connectivity index (χ4n) is 1.85. The van der Waals surface area contributed by atoms with Gasteiger partial charge >= 0.3 is 0 Å². The maximum Gasteiger partial charge on any atom is 0.170 e. The number of fused-ring (bicyclic) bond motifs is 1. The second-order valence-corrected chi connectivity index (χ2v) is 3.77. The van der Waals surface area contributed by atoms with Gasteiger partial charge in [-0.25, -0.2) is 0 Å². The highest BCUT2D eigenvalue weighted by Gasteiger charge is 2.04. The Kier molecular flexibility index (Phi) is 2.81. The summed E-state index contributed by atoms with van der Waals surface area (Å²) in [7, 11) is 0. The highest BCUT2D eigenvalue weighted by molar-refractivity contribution is 6.00. The van der Waals surface area contributed by atoms with Crippen molar-refractivity contribution in [3.05, 3.63) is 36.0 Å². The third-order valence-electron chi connectivity index (χ3n) is 2.64. The number of hydrogen-bond donors (Lipinski definition) is 2. The molecule has 0 bridgehead atoms. The van der Waals surface area contributed by atoms with Crippen LogP contribution in [0.5, 0.6) is 0 Å². The fourth-order valence-corrected chi connectivity index (χ4v) is 1.85. The molecule has 0 aliphatic rings. The van der Waals surface area contributed by atoms with Crippen molar-refractivity contribution in [2.24, 2.45) is 10.9 Å². The third-order valence-corrected chi connectivity index (χ3v) is 2.64. The van der Waals surface area contributed by atoms with Crippen LogP contribution in [-0.4, -0.2) is 15.6 Å². The summed E-state index contributed by atoms with van der Waals surface area (Å²) in [6.07, 6.45) is 3.16. The predicted molar refractivity (Wildman–Crippen MR) is 64.7 cm³/mol. The highest BCUT2D eigenvalue weighted by Crippen LogP contribution is 2.18. The summed E-state index contributed by atoms with van der Waals surface area (Å²) >= 11 is 0. The summed E-state index contributed by atoms with van der Waals surface area (Å²) in [6, 6.07) is 7.83. The van der Waals surface area contributed by atoms with E-state index >= 15 is 0 Å². The maximum atomic E-state index is 8.61. The lowest BCUT2D eigenvalue weighted by atomic mass is 10.1. The van der Waals surface area contributed by atoms with E-state index in [1.165, 1.54) is 5.52 Å². The number of aromatic nitrogens is 1. The molecule has 0 spiro atoms. The minimum atomic E-state index is 0.144. The van der Waals surface area contributed by atoms with Crippen LogP contribution in [0.3, 0.4) is 0 Å². The van der Waals surface area contributed by atoms with E-state index in [0.717, 1.165) is 23.9 Å². The van der Waals surface area contributed by atoms with Crippen LogP contribution in [0.4, 0.5) is 0 Å². The van der Waals surface area contributed by atoms with Gasteiger partial charge in [-0.05, 0) is 30.7 Å². The molecule has 1 aromatic carbocycles. The first kappa shape index (κ1) is 10.5. The first-order valence-corrected chi connectivity index (χ1v) is 5.33. The number of rotatable bonds is 3. The van der Waals surface area contributed by atoms with Crippen molar-refractivity contribution < 1.29 is 5.21 Å². The van der Waals surface area contributed by atoms with E-state index in [2.05, 4.69) is 22.8 Å². The van der Waals surface area contributed by atoms with E-state index in [4.69, 9.17) is 10.9 Å². The average Bonchev–Trinajstić information content (AvgIpc) is 2.71. The van der Waals surface area contributed by atoms with Crippen molar-refractivity contribution in [1.82, 2.24) is 4.57 Å². The number of amidine groups is 1. The molecule has 84 valence electrons. The van der Waals surface area contributed by atoms with Crippen molar-refractivity contribution in [3.8, 4) is 0 Å². The molecule has 16 heavy (non-hydrogen) atoms. The molecule has 1 aromatic heterocycles. The summed E-state index contributed by atoms with van der Waals surface area (Å²) in [5, 5.41) is 12.7. The number of benzene rings is 1. The van der Waals surface area contributed by atoms with Crippen molar-refractivity contribution >= 4 is 16.7 Å². The van der Waals surface area contributed by atoms with Gasteiger partial charge in [0.25, 0.3) is 0 Å². The van der Waals surface area contributed by atoms with Crippen LogP contribution < -0.4 is 5.73 Å². The normalized spacial score (nSPS) is 12.2. The first-order chi connectivity index (χ1) is 7.76. The molecule has 0 radical (unpaired) electrons. The molecule has 4 heteroatoms. The van der Waals surface area contributed by atoms with Gasteiger partial charge in [-0.3, -0.25) is 0 Å². The van der Waals surface area contributed by atoms with Crippen LogP contribution in [0, 0.1) is 0 Å². The summed E-state index contributed by atoms with van der Waals surface area (Å²) < 4.78 is 2.20. The third kappa shape index (κ3) is 1.74. The van der Waals surface area contributed by atoms with Crippen LogP contribution in [-0.2, 0) is 6.54 Å². The molecule has 2 rings (SSSR count). The summed E-state index contributed by atoms with van der Waals surface area (Å²) in [5.74, 6) is 0.144. The van der Waals surface area contributed by atoms with Crippen LogP contribution in [0.2, 0.25) is 0 Å². The lowest BCUT2D eigenvalue weighted by Gasteiger charge is -2.03. The first-order valence-electron chi connectivity index (χ1n) is 5.33. The smallest absolute Gasteiger partial charge is 0.170 e. The standard InChI is InChI=1S/C12H15N3O/c1-2-6-15-7-5-9-8-10(12(13)14-16)3-4-11(9)15/h3-5,7-8,16H,2,6H2,1H3,(H2,13,14). The molecule has 0 fully saturated rings. The molecule has 4 nitrogen and oxygen atoms in total. The Labute approximate surface area is 94.0 Å². The van der Waals surface area contributed by atoms with Crippen molar-refractivity contribution in [3.63, 3.8) is 0 Å². The zero-order valence-corrected chi connectivity index (χ0v) is 9.22. The molecule has 0 saturated carbocycles. The molecule has 0 saturated heterocycles. The molecule has 3 N–H and O–H groups in total. The Balaban J connectivity index is 2.49. The number of nitrogens with zero attached hydrogens (tertiary/aromatic N) is 2. The molecule has 0 aliphatic heterocycles. The summed E-state index contributed by atoms with van der Waals surface area (Å²) in [5.41, 5.74) is 7.46. The van der Waals surface area contributed by atoms with E-state index in [1.54, 1.807) is 0 Å². The van der Waals surface area contributed by atoms with Crippen molar-refractivity contribution in [2.45, 2.75) is 19.9 Å². The van der Waals surface area contributed by atoms with Gasteiger partial charge in [0.05, 0.1) is 0 Å². The van der Waals surface area contributed by atoms with Crippen LogP contribution in [0.15, 0.2) is 35.6 Å². The average molecular weight is 217 g/mol. The molecule has 0 aliphatic carbocycles. The number of aryl methyl sites for hydroxylation is 1. The Morgan fingerprint density at radius 2 is 2.25 bits per heavy atom. The van der Waals surface area contributed by atoms with Crippen LogP contribution >= 0.6 is 0 Å².